The Labute approximate surface area is 194 Å². The standard InChI is InChI=1S/C26H33F2NO4/c1-17-8-9-19(14-25(17)28)13-20-5-4-12-29(20)15-21(30)16-33-18(2)22-6-3-7-24(27)23(22)10-11-26(31)32/h3,6-9,14,18,20-21,30H,4-5,10-13,15-16H2,1-2H3,(H,31,32)/t18-,20+,21+/m1/s1. The third-order valence-corrected chi connectivity index (χ3v) is 6.37. The van der Waals surface area contributed by atoms with Crippen LogP contribution in [-0.2, 0) is 22.4 Å². The van der Waals surface area contributed by atoms with Crippen molar-refractivity contribution in [2.75, 3.05) is 19.7 Å². The number of aliphatic carboxylic acids is 1. The first-order valence-corrected chi connectivity index (χ1v) is 11.5. The smallest absolute Gasteiger partial charge is 0.303 e. The molecule has 180 valence electrons. The second-order valence-corrected chi connectivity index (χ2v) is 8.91. The molecule has 3 atom stereocenters. The lowest BCUT2D eigenvalue weighted by Gasteiger charge is -2.28. The number of likely N-dealkylation sites (tertiary alicyclic amines) is 1. The monoisotopic (exact) mass is 461 g/mol. The van der Waals surface area contributed by atoms with E-state index < -0.39 is 24.0 Å². The lowest BCUT2D eigenvalue weighted by atomic mass is 9.98. The summed E-state index contributed by atoms with van der Waals surface area (Å²) in [6.45, 7) is 4.92. The lowest BCUT2D eigenvalue weighted by molar-refractivity contribution is -0.136. The van der Waals surface area contributed by atoms with E-state index in [2.05, 4.69) is 4.90 Å². The molecule has 0 saturated carbocycles. The third kappa shape index (κ3) is 7.06. The Morgan fingerprint density at radius 1 is 1.24 bits per heavy atom. The fourth-order valence-corrected chi connectivity index (χ4v) is 4.52. The molecule has 3 rings (SSSR count). The number of hydrogen-bond acceptors (Lipinski definition) is 4. The molecule has 1 fully saturated rings. The van der Waals surface area contributed by atoms with Crippen LogP contribution >= 0.6 is 0 Å². The molecule has 7 heteroatoms. The van der Waals surface area contributed by atoms with Crippen molar-refractivity contribution < 1.29 is 28.5 Å². The highest BCUT2D eigenvalue weighted by Crippen LogP contribution is 2.26. The van der Waals surface area contributed by atoms with Crippen molar-refractivity contribution in [1.29, 1.82) is 0 Å². The number of hydrogen-bond donors (Lipinski definition) is 2. The van der Waals surface area contributed by atoms with Gasteiger partial charge in [0.25, 0.3) is 0 Å². The number of nitrogens with zero attached hydrogens (tertiary/aromatic N) is 1. The molecule has 1 heterocycles. The molecule has 0 aromatic heterocycles. The Hall–Kier alpha value is -2.35. The molecule has 2 aromatic carbocycles. The molecular formula is C26H33F2NO4. The quantitative estimate of drug-likeness (QED) is 0.518. The molecular weight excluding hydrogens is 428 g/mol. The summed E-state index contributed by atoms with van der Waals surface area (Å²) >= 11 is 0. The second-order valence-electron chi connectivity index (χ2n) is 8.91. The fraction of sp³-hybridized carbons (Fsp3) is 0.500. The largest absolute Gasteiger partial charge is 0.481 e. The van der Waals surface area contributed by atoms with E-state index in [9.17, 15) is 18.7 Å². The number of aliphatic hydroxyl groups excluding tert-OH is 1. The maximum absolute atomic E-state index is 14.3. The van der Waals surface area contributed by atoms with Crippen molar-refractivity contribution in [2.45, 2.75) is 64.2 Å². The summed E-state index contributed by atoms with van der Waals surface area (Å²) in [4.78, 5) is 13.1. The number of aliphatic hydroxyl groups is 1. The van der Waals surface area contributed by atoms with Gasteiger partial charge in [0.2, 0.25) is 0 Å². The van der Waals surface area contributed by atoms with Crippen LogP contribution < -0.4 is 0 Å². The fourth-order valence-electron chi connectivity index (χ4n) is 4.52. The molecule has 1 aliphatic rings. The Kier molecular flexibility index (Phi) is 8.95. The number of carbonyl (C=O) groups is 1. The zero-order chi connectivity index (χ0) is 24.0. The minimum atomic E-state index is -0.985. The van der Waals surface area contributed by atoms with Crippen LogP contribution in [0.4, 0.5) is 8.78 Å². The Bertz CT molecular complexity index is 952. The number of carboxylic acid groups (broad SMARTS) is 1. The first-order valence-electron chi connectivity index (χ1n) is 11.5. The molecule has 2 aromatic rings. The van der Waals surface area contributed by atoms with Crippen molar-refractivity contribution in [2.24, 2.45) is 0 Å². The molecule has 2 N–H and O–H groups in total. The maximum atomic E-state index is 14.3. The van der Waals surface area contributed by atoms with Gasteiger partial charge in [-0.25, -0.2) is 8.78 Å². The van der Waals surface area contributed by atoms with Crippen molar-refractivity contribution in [3.8, 4) is 0 Å². The van der Waals surface area contributed by atoms with Gasteiger partial charge in [0.15, 0.2) is 0 Å². The summed E-state index contributed by atoms with van der Waals surface area (Å²) in [5.41, 5.74) is 2.53. The van der Waals surface area contributed by atoms with Crippen LogP contribution in [0.5, 0.6) is 0 Å². The molecule has 0 aliphatic carbocycles. The predicted molar refractivity (Wildman–Crippen MR) is 122 cm³/mol. The molecule has 1 saturated heterocycles. The third-order valence-electron chi connectivity index (χ3n) is 6.37. The summed E-state index contributed by atoms with van der Waals surface area (Å²) in [7, 11) is 0. The molecule has 0 bridgehead atoms. The molecule has 0 spiro atoms. The predicted octanol–water partition coefficient (Wildman–Crippen LogP) is 4.44. The molecule has 1 aliphatic heterocycles. The maximum Gasteiger partial charge on any atom is 0.303 e. The number of benzene rings is 2. The number of aryl methyl sites for hydroxylation is 1. The van der Waals surface area contributed by atoms with E-state index in [-0.39, 0.29) is 31.3 Å². The molecule has 5 nitrogen and oxygen atoms in total. The molecule has 0 unspecified atom stereocenters. The Balaban J connectivity index is 1.54. The van der Waals surface area contributed by atoms with Gasteiger partial charge in [0.05, 0.1) is 18.8 Å². The minimum Gasteiger partial charge on any atom is -0.481 e. The van der Waals surface area contributed by atoms with Crippen LogP contribution in [0.15, 0.2) is 36.4 Å². The second kappa shape index (κ2) is 11.7. The summed E-state index contributed by atoms with van der Waals surface area (Å²) in [5.74, 6) is -1.63. The highest BCUT2D eigenvalue weighted by molar-refractivity contribution is 5.67. The van der Waals surface area contributed by atoms with Gasteiger partial charge in [-0.15, -0.1) is 0 Å². The van der Waals surface area contributed by atoms with Crippen molar-refractivity contribution in [3.05, 3.63) is 70.3 Å². The summed E-state index contributed by atoms with van der Waals surface area (Å²) < 4.78 is 34.0. The normalized spacial score (nSPS) is 18.4. The van der Waals surface area contributed by atoms with Crippen LogP contribution in [0.25, 0.3) is 0 Å². The van der Waals surface area contributed by atoms with Crippen molar-refractivity contribution >= 4 is 5.97 Å². The average Bonchev–Trinajstić information content (AvgIpc) is 3.19. The number of rotatable bonds is 11. The van der Waals surface area contributed by atoms with Gasteiger partial charge < -0.3 is 14.9 Å². The van der Waals surface area contributed by atoms with Gasteiger partial charge in [-0.1, -0.05) is 24.3 Å². The van der Waals surface area contributed by atoms with Gasteiger partial charge in [-0.3, -0.25) is 9.69 Å². The molecule has 33 heavy (non-hydrogen) atoms. The summed E-state index contributed by atoms with van der Waals surface area (Å²) in [5, 5.41) is 19.5. The van der Waals surface area contributed by atoms with Crippen molar-refractivity contribution in [3.63, 3.8) is 0 Å². The zero-order valence-electron chi connectivity index (χ0n) is 19.3. The number of ether oxygens (including phenoxy) is 1. The van der Waals surface area contributed by atoms with E-state index >= 15 is 0 Å². The van der Waals surface area contributed by atoms with Crippen LogP contribution in [-0.4, -0.2) is 52.9 Å². The summed E-state index contributed by atoms with van der Waals surface area (Å²) in [6, 6.07) is 10.2. The lowest BCUT2D eigenvalue weighted by Crippen LogP contribution is -2.39. The highest BCUT2D eigenvalue weighted by atomic mass is 19.1. The number of β-amino-alcohol motifs (C(OH)–C–C–N with tert-alkyl or cyclic N) is 1. The van der Waals surface area contributed by atoms with Gasteiger partial charge in [0, 0.05) is 19.0 Å². The Morgan fingerprint density at radius 3 is 2.76 bits per heavy atom. The summed E-state index contributed by atoms with van der Waals surface area (Å²) in [6.07, 6.45) is 1.47. The van der Waals surface area contributed by atoms with Crippen LogP contribution in [0.1, 0.15) is 54.5 Å². The van der Waals surface area contributed by atoms with E-state index in [4.69, 9.17) is 9.84 Å². The van der Waals surface area contributed by atoms with Gasteiger partial charge in [0.1, 0.15) is 11.6 Å². The number of carboxylic acids is 1. The first-order chi connectivity index (χ1) is 15.7. The highest BCUT2D eigenvalue weighted by Gasteiger charge is 2.27. The van der Waals surface area contributed by atoms with Crippen LogP contribution in [0, 0.1) is 18.6 Å². The van der Waals surface area contributed by atoms with E-state index in [0.29, 0.717) is 23.2 Å². The SMILES string of the molecule is Cc1ccc(C[C@@H]2CCCN2C[C@H](O)CO[C@H](C)c2cccc(F)c2CCC(=O)O)cc1F. The average molecular weight is 462 g/mol. The van der Waals surface area contributed by atoms with Crippen LogP contribution in [0.2, 0.25) is 0 Å². The Morgan fingerprint density at radius 2 is 2.03 bits per heavy atom. The van der Waals surface area contributed by atoms with Gasteiger partial charge in [-0.05, 0) is 80.5 Å². The number of halogens is 2. The van der Waals surface area contributed by atoms with E-state index in [1.54, 1.807) is 38.1 Å². The van der Waals surface area contributed by atoms with E-state index in [0.717, 1.165) is 31.4 Å². The van der Waals surface area contributed by atoms with Gasteiger partial charge >= 0.3 is 5.97 Å². The first kappa shape index (κ1) is 25.3. The zero-order valence-corrected chi connectivity index (χ0v) is 19.3. The van der Waals surface area contributed by atoms with Crippen molar-refractivity contribution in [1.82, 2.24) is 4.90 Å². The molecule has 0 radical (unpaired) electrons. The minimum absolute atomic E-state index is 0.0818. The van der Waals surface area contributed by atoms with E-state index in [1.807, 2.05) is 6.07 Å². The topological polar surface area (TPSA) is 70.0 Å². The van der Waals surface area contributed by atoms with Crippen LogP contribution in [0.3, 0.4) is 0 Å². The van der Waals surface area contributed by atoms with Gasteiger partial charge in [-0.2, -0.15) is 0 Å². The molecule has 0 amide bonds. The van der Waals surface area contributed by atoms with E-state index in [1.165, 1.54) is 6.07 Å².